The predicted octanol–water partition coefficient (Wildman–Crippen LogP) is 5.09. The molecule has 0 aliphatic heterocycles. The molecule has 0 aromatic heterocycles. The molecule has 3 aromatic carbocycles. The first-order chi connectivity index (χ1) is 10.6. The van der Waals surface area contributed by atoms with E-state index in [4.69, 9.17) is 0 Å². The molecule has 0 spiro atoms. The maximum Gasteiger partial charge on any atom is 0.0240 e. The Bertz CT molecular complexity index is 784. The molecule has 0 atom stereocenters. The molecule has 0 bridgehead atoms. The van der Waals surface area contributed by atoms with Gasteiger partial charge in [-0.25, -0.2) is 0 Å². The summed E-state index contributed by atoms with van der Waals surface area (Å²) >= 11 is 0. The zero-order valence-electron chi connectivity index (χ0n) is 13.6. The van der Waals surface area contributed by atoms with E-state index in [9.17, 15) is 0 Å². The van der Waals surface area contributed by atoms with Gasteiger partial charge in [0.05, 0.1) is 0 Å². The molecule has 0 saturated carbocycles. The van der Waals surface area contributed by atoms with Crippen LogP contribution >= 0.6 is 0 Å². The summed E-state index contributed by atoms with van der Waals surface area (Å²) in [5.74, 6) is 0. The summed E-state index contributed by atoms with van der Waals surface area (Å²) in [6, 6.07) is 22.0. The molecule has 1 heteroatoms. The molecule has 0 radical (unpaired) electrons. The van der Waals surface area contributed by atoms with Crippen LogP contribution < -0.4 is 0 Å². The van der Waals surface area contributed by atoms with Crippen LogP contribution in [0.3, 0.4) is 0 Å². The topological polar surface area (TPSA) is 3.24 Å². The van der Waals surface area contributed by atoms with Gasteiger partial charge in [0, 0.05) is 13.1 Å². The monoisotopic (exact) mass is 289 g/mol. The summed E-state index contributed by atoms with van der Waals surface area (Å²) < 4.78 is 0. The Labute approximate surface area is 133 Å². The second-order valence-corrected chi connectivity index (χ2v) is 6.23. The Morgan fingerprint density at radius 2 is 1.55 bits per heavy atom. The number of rotatable bonds is 4. The molecule has 3 rings (SSSR count). The van der Waals surface area contributed by atoms with Gasteiger partial charge in [-0.1, -0.05) is 60.7 Å². The van der Waals surface area contributed by atoms with Crippen molar-refractivity contribution in [3.63, 3.8) is 0 Å². The third-order valence-corrected chi connectivity index (χ3v) is 4.34. The normalized spacial score (nSPS) is 11.3. The van der Waals surface area contributed by atoms with Crippen molar-refractivity contribution in [3.05, 3.63) is 82.9 Å². The molecule has 112 valence electrons. The molecule has 0 unspecified atom stereocenters. The largest absolute Gasteiger partial charge is 0.298 e. The lowest BCUT2D eigenvalue weighted by Crippen LogP contribution is -2.17. The van der Waals surface area contributed by atoms with Crippen molar-refractivity contribution in [3.8, 4) is 0 Å². The lowest BCUT2D eigenvalue weighted by atomic mass is 10.0. The molecule has 22 heavy (non-hydrogen) atoms. The van der Waals surface area contributed by atoms with E-state index in [1.165, 1.54) is 33.0 Å². The van der Waals surface area contributed by atoms with Crippen LogP contribution in [0.2, 0.25) is 0 Å². The van der Waals surface area contributed by atoms with E-state index in [2.05, 4.69) is 86.5 Å². The standard InChI is InChI=1S/C21H23N/c1-16-11-12-18(13-17(16)2)14-22(3)15-20-9-6-8-19-7-4-5-10-21(19)20/h4-13H,14-15H2,1-3H3. The van der Waals surface area contributed by atoms with Crippen LogP contribution in [0, 0.1) is 13.8 Å². The van der Waals surface area contributed by atoms with Gasteiger partial charge in [0.25, 0.3) is 0 Å². The summed E-state index contributed by atoms with van der Waals surface area (Å²) in [4.78, 5) is 2.38. The Balaban J connectivity index is 1.78. The highest BCUT2D eigenvalue weighted by molar-refractivity contribution is 5.85. The number of benzene rings is 3. The van der Waals surface area contributed by atoms with Crippen molar-refractivity contribution >= 4 is 10.8 Å². The maximum atomic E-state index is 2.38. The molecular formula is C21H23N. The highest BCUT2D eigenvalue weighted by atomic mass is 15.1. The minimum absolute atomic E-state index is 0.967. The minimum Gasteiger partial charge on any atom is -0.298 e. The lowest BCUT2D eigenvalue weighted by molar-refractivity contribution is 0.320. The number of hydrogen-bond donors (Lipinski definition) is 0. The van der Waals surface area contributed by atoms with Crippen LogP contribution in [-0.2, 0) is 13.1 Å². The fourth-order valence-electron chi connectivity index (χ4n) is 2.99. The Morgan fingerprint density at radius 1 is 0.773 bits per heavy atom. The quantitative estimate of drug-likeness (QED) is 0.646. The highest BCUT2D eigenvalue weighted by Gasteiger charge is 2.06. The third kappa shape index (κ3) is 3.20. The maximum absolute atomic E-state index is 2.38. The number of fused-ring (bicyclic) bond motifs is 1. The SMILES string of the molecule is Cc1ccc(CN(C)Cc2cccc3ccccc23)cc1C. The Kier molecular flexibility index (Phi) is 4.26. The summed E-state index contributed by atoms with van der Waals surface area (Å²) in [6.07, 6.45) is 0. The van der Waals surface area contributed by atoms with Crippen LogP contribution in [0.5, 0.6) is 0 Å². The van der Waals surface area contributed by atoms with Crippen molar-refractivity contribution in [1.29, 1.82) is 0 Å². The van der Waals surface area contributed by atoms with Crippen LogP contribution in [0.4, 0.5) is 0 Å². The van der Waals surface area contributed by atoms with Crippen molar-refractivity contribution in [2.75, 3.05) is 7.05 Å². The van der Waals surface area contributed by atoms with E-state index < -0.39 is 0 Å². The van der Waals surface area contributed by atoms with E-state index in [0.29, 0.717) is 0 Å². The van der Waals surface area contributed by atoms with Gasteiger partial charge < -0.3 is 0 Å². The number of hydrogen-bond acceptors (Lipinski definition) is 1. The van der Waals surface area contributed by atoms with E-state index in [0.717, 1.165) is 13.1 Å². The minimum atomic E-state index is 0.967. The predicted molar refractivity (Wildman–Crippen MR) is 95.0 cm³/mol. The molecule has 1 nitrogen and oxygen atoms in total. The van der Waals surface area contributed by atoms with Crippen molar-refractivity contribution < 1.29 is 0 Å². The summed E-state index contributed by atoms with van der Waals surface area (Å²) in [5.41, 5.74) is 5.51. The Morgan fingerprint density at radius 3 is 2.36 bits per heavy atom. The van der Waals surface area contributed by atoms with Gasteiger partial charge in [0.2, 0.25) is 0 Å². The summed E-state index contributed by atoms with van der Waals surface area (Å²) in [5, 5.41) is 2.68. The van der Waals surface area contributed by atoms with Crippen molar-refractivity contribution in [2.24, 2.45) is 0 Å². The fraction of sp³-hybridized carbons (Fsp3) is 0.238. The van der Waals surface area contributed by atoms with Gasteiger partial charge in [0.1, 0.15) is 0 Å². The first-order valence-corrected chi connectivity index (χ1v) is 7.85. The third-order valence-electron chi connectivity index (χ3n) is 4.34. The van der Waals surface area contributed by atoms with E-state index in [1.807, 2.05) is 0 Å². The first-order valence-electron chi connectivity index (χ1n) is 7.85. The van der Waals surface area contributed by atoms with Gasteiger partial charge in [-0.05, 0) is 53.9 Å². The zero-order chi connectivity index (χ0) is 15.5. The molecular weight excluding hydrogens is 266 g/mol. The molecule has 0 amide bonds. The van der Waals surface area contributed by atoms with Crippen LogP contribution in [0.25, 0.3) is 10.8 Å². The summed E-state index contributed by atoms with van der Waals surface area (Å²) in [7, 11) is 2.19. The van der Waals surface area contributed by atoms with Gasteiger partial charge >= 0.3 is 0 Å². The van der Waals surface area contributed by atoms with E-state index in [-0.39, 0.29) is 0 Å². The van der Waals surface area contributed by atoms with Gasteiger partial charge in [0.15, 0.2) is 0 Å². The highest BCUT2D eigenvalue weighted by Crippen LogP contribution is 2.20. The molecule has 0 aliphatic rings. The number of nitrogens with zero attached hydrogens (tertiary/aromatic N) is 1. The van der Waals surface area contributed by atoms with Crippen LogP contribution in [-0.4, -0.2) is 11.9 Å². The average molecular weight is 289 g/mol. The van der Waals surface area contributed by atoms with Crippen molar-refractivity contribution in [1.82, 2.24) is 4.90 Å². The second-order valence-electron chi connectivity index (χ2n) is 6.23. The fourth-order valence-corrected chi connectivity index (χ4v) is 2.99. The van der Waals surface area contributed by atoms with Gasteiger partial charge in [-0.3, -0.25) is 4.90 Å². The van der Waals surface area contributed by atoms with Crippen LogP contribution in [0.1, 0.15) is 22.3 Å². The molecule has 0 aliphatic carbocycles. The average Bonchev–Trinajstić information content (AvgIpc) is 2.51. The molecule has 0 heterocycles. The number of aryl methyl sites for hydroxylation is 2. The smallest absolute Gasteiger partial charge is 0.0240 e. The summed E-state index contributed by atoms with van der Waals surface area (Å²) in [6.45, 7) is 6.29. The zero-order valence-corrected chi connectivity index (χ0v) is 13.6. The van der Waals surface area contributed by atoms with Crippen molar-refractivity contribution in [2.45, 2.75) is 26.9 Å². The van der Waals surface area contributed by atoms with Gasteiger partial charge in [-0.2, -0.15) is 0 Å². The molecule has 0 N–H and O–H groups in total. The van der Waals surface area contributed by atoms with Crippen LogP contribution in [0.15, 0.2) is 60.7 Å². The molecule has 0 fully saturated rings. The van der Waals surface area contributed by atoms with Gasteiger partial charge in [-0.15, -0.1) is 0 Å². The first kappa shape index (κ1) is 14.8. The van der Waals surface area contributed by atoms with E-state index >= 15 is 0 Å². The molecule has 3 aromatic rings. The lowest BCUT2D eigenvalue weighted by Gasteiger charge is -2.18. The molecule has 0 saturated heterocycles. The second kappa shape index (κ2) is 6.33. The Hall–Kier alpha value is -2.12. The van der Waals surface area contributed by atoms with E-state index in [1.54, 1.807) is 0 Å².